The van der Waals surface area contributed by atoms with Crippen molar-refractivity contribution in [2.75, 3.05) is 49.7 Å². The Morgan fingerprint density at radius 1 is 1.29 bits per heavy atom. The Hall–Kier alpha value is -3.35. The van der Waals surface area contributed by atoms with Gasteiger partial charge in [0.15, 0.2) is 11.6 Å². The molecule has 2 atom stereocenters. The number of H-pyrrole nitrogens is 1. The summed E-state index contributed by atoms with van der Waals surface area (Å²) in [5.74, 6) is 2.23. The normalized spacial score (nSPS) is 20.2. The van der Waals surface area contributed by atoms with E-state index in [0.717, 1.165) is 24.2 Å². The van der Waals surface area contributed by atoms with Crippen LogP contribution in [0.2, 0.25) is 0 Å². The zero-order chi connectivity index (χ0) is 26.9. The van der Waals surface area contributed by atoms with Crippen molar-refractivity contribution in [3.05, 3.63) is 39.9 Å². The number of nitrogens with one attached hydrogen (secondary N) is 2. The SMILES string of the molecule is CC(COCCC(=O)N1CCN2c3ncc(C4CC4)cc3OCCC2C1)Nc1cn[nH]c(=O)c1C(F)(F)F. The summed E-state index contributed by atoms with van der Waals surface area (Å²) in [5, 5.41) is 7.86. The minimum Gasteiger partial charge on any atom is -0.490 e. The van der Waals surface area contributed by atoms with E-state index < -0.39 is 29.0 Å². The van der Waals surface area contributed by atoms with Crippen molar-refractivity contribution in [3.63, 3.8) is 0 Å². The molecule has 10 nitrogen and oxygen atoms in total. The highest BCUT2D eigenvalue weighted by atomic mass is 19.4. The van der Waals surface area contributed by atoms with Gasteiger partial charge in [0.2, 0.25) is 5.91 Å². The average molecular weight is 537 g/mol. The van der Waals surface area contributed by atoms with E-state index in [-0.39, 0.29) is 31.6 Å². The van der Waals surface area contributed by atoms with Crippen molar-refractivity contribution >= 4 is 17.4 Å². The number of nitrogens with zero attached hydrogens (tertiary/aromatic N) is 4. The molecule has 2 unspecified atom stereocenters. The highest BCUT2D eigenvalue weighted by Crippen LogP contribution is 2.43. The number of alkyl halides is 3. The zero-order valence-electron chi connectivity index (χ0n) is 21.1. The van der Waals surface area contributed by atoms with E-state index in [1.165, 1.54) is 18.4 Å². The Balaban J connectivity index is 1.09. The summed E-state index contributed by atoms with van der Waals surface area (Å²) in [6.45, 7) is 4.17. The fourth-order valence-electron chi connectivity index (χ4n) is 5.00. The Labute approximate surface area is 217 Å². The number of carbonyl (C=O) groups excluding carboxylic acids is 1. The Bertz CT molecular complexity index is 1220. The van der Waals surface area contributed by atoms with Crippen LogP contribution in [0.5, 0.6) is 5.75 Å². The maximum atomic E-state index is 13.2. The van der Waals surface area contributed by atoms with E-state index in [4.69, 9.17) is 14.5 Å². The molecule has 1 aliphatic carbocycles. The number of piperazine rings is 1. The van der Waals surface area contributed by atoms with Crippen molar-refractivity contribution in [2.24, 2.45) is 0 Å². The van der Waals surface area contributed by atoms with Crippen LogP contribution < -0.4 is 20.5 Å². The van der Waals surface area contributed by atoms with Gasteiger partial charge in [0.1, 0.15) is 5.56 Å². The molecule has 0 radical (unpaired) electrons. The lowest BCUT2D eigenvalue weighted by Gasteiger charge is -2.41. The minimum atomic E-state index is -4.82. The number of halogens is 3. The van der Waals surface area contributed by atoms with Crippen LogP contribution in [-0.4, -0.2) is 77.5 Å². The largest absolute Gasteiger partial charge is 0.490 e. The molecule has 3 aliphatic rings. The molecule has 2 aliphatic heterocycles. The average Bonchev–Trinajstić information content (AvgIpc) is 3.72. The highest BCUT2D eigenvalue weighted by molar-refractivity contribution is 5.76. The van der Waals surface area contributed by atoms with Gasteiger partial charge in [0, 0.05) is 38.3 Å². The van der Waals surface area contributed by atoms with Crippen LogP contribution in [0.25, 0.3) is 0 Å². The number of amides is 1. The van der Waals surface area contributed by atoms with E-state index in [0.29, 0.717) is 32.2 Å². The summed E-state index contributed by atoms with van der Waals surface area (Å²) in [6.07, 6.45) is 1.40. The second-order valence-electron chi connectivity index (χ2n) is 10.0. The van der Waals surface area contributed by atoms with E-state index in [1.807, 2.05) is 11.1 Å². The van der Waals surface area contributed by atoms with Crippen LogP contribution in [-0.2, 0) is 15.7 Å². The second-order valence-corrected chi connectivity index (χ2v) is 10.0. The van der Waals surface area contributed by atoms with E-state index in [9.17, 15) is 22.8 Å². The van der Waals surface area contributed by atoms with Crippen molar-refractivity contribution in [3.8, 4) is 5.75 Å². The minimum absolute atomic E-state index is 0.0363. The van der Waals surface area contributed by atoms with Crippen molar-refractivity contribution in [1.82, 2.24) is 20.1 Å². The van der Waals surface area contributed by atoms with Gasteiger partial charge in [-0.25, -0.2) is 10.1 Å². The molecule has 2 aromatic rings. The summed E-state index contributed by atoms with van der Waals surface area (Å²) >= 11 is 0. The van der Waals surface area contributed by atoms with Crippen LogP contribution in [0.1, 0.15) is 49.7 Å². The molecule has 5 rings (SSSR count). The number of rotatable bonds is 8. The lowest BCUT2D eigenvalue weighted by molar-refractivity contribution is -0.138. The zero-order valence-corrected chi connectivity index (χ0v) is 21.1. The number of pyridine rings is 1. The molecule has 0 aromatic carbocycles. The lowest BCUT2D eigenvalue weighted by atomic mass is 10.1. The molecule has 0 bridgehead atoms. The van der Waals surface area contributed by atoms with Crippen molar-refractivity contribution < 1.29 is 27.4 Å². The maximum Gasteiger partial charge on any atom is 0.423 e. The van der Waals surface area contributed by atoms with Gasteiger partial charge in [-0.15, -0.1) is 0 Å². The van der Waals surface area contributed by atoms with E-state index in [2.05, 4.69) is 21.4 Å². The van der Waals surface area contributed by atoms with Gasteiger partial charge in [-0.2, -0.15) is 18.3 Å². The number of hydrogen-bond acceptors (Lipinski definition) is 8. The molecule has 13 heteroatoms. The van der Waals surface area contributed by atoms with Gasteiger partial charge < -0.3 is 24.6 Å². The van der Waals surface area contributed by atoms with Gasteiger partial charge in [0.25, 0.3) is 5.56 Å². The highest BCUT2D eigenvalue weighted by Gasteiger charge is 2.38. The van der Waals surface area contributed by atoms with Gasteiger partial charge in [-0.3, -0.25) is 9.59 Å². The van der Waals surface area contributed by atoms with Gasteiger partial charge in [0.05, 0.1) is 44.2 Å². The monoisotopic (exact) mass is 536 g/mol. The molecule has 0 spiro atoms. The summed E-state index contributed by atoms with van der Waals surface area (Å²) < 4.78 is 51.2. The van der Waals surface area contributed by atoms with E-state index >= 15 is 0 Å². The first-order valence-corrected chi connectivity index (χ1v) is 12.9. The molecule has 38 heavy (non-hydrogen) atoms. The smallest absolute Gasteiger partial charge is 0.423 e. The predicted octanol–water partition coefficient (Wildman–Crippen LogP) is 2.77. The number of anilines is 2. The number of ether oxygens (including phenoxy) is 2. The molecule has 2 fully saturated rings. The molecule has 1 saturated carbocycles. The van der Waals surface area contributed by atoms with Crippen LogP contribution >= 0.6 is 0 Å². The number of hydrogen-bond donors (Lipinski definition) is 2. The third-order valence-corrected chi connectivity index (χ3v) is 7.09. The van der Waals surface area contributed by atoms with Crippen LogP contribution in [0.4, 0.5) is 24.7 Å². The van der Waals surface area contributed by atoms with Crippen LogP contribution in [0.3, 0.4) is 0 Å². The summed E-state index contributed by atoms with van der Waals surface area (Å²) in [4.78, 5) is 33.2. The topological polar surface area (TPSA) is 113 Å². The Morgan fingerprint density at radius 3 is 2.87 bits per heavy atom. The number of fused-ring (bicyclic) bond motifs is 3. The molecule has 1 saturated heterocycles. The molecule has 4 heterocycles. The Morgan fingerprint density at radius 2 is 2.11 bits per heavy atom. The fourth-order valence-corrected chi connectivity index (χ4v) is 5.00. The Kier molecular flexibility index (Phi) is 7.46. The number of carbonyl (C=O) groups is 1. The molecule has 2 aromatic heterocycles. The van der Waals surface area contributed by atoms with Crippen molar-refractivity contribution in [1.29, 1.82) is 0 Å². The number of aromatic nitrogens is 3. The predicted molar refractivity (Wildman–Crippen MR) is 132 cm³/mol. The first-order valence-electron chi connectivity index (χ1n) is 12.9. The third-order valence-electron chi connectivity index (χ3n) is 7.09. The first kappa shape index (κ1) is 26.3. The second kappa shape index (κ2) is 10.8. The van der Waals surface area contributed by atoms with Gasteiger partial charge >= 0.3 is 6.18 Å². The molecule has 206 valence electrons. The molecule has 2 N–H and O–H groups in total. The molecular formula is C25H31F3N6O4. The summed E-state index contributed by atoms with van der Waals surface area (Å²) in [7, 11) is 0. The first-order chi connectivity index (χ1) is 18.2. The summed E-state index contributed by atoms with van der Waals surface area (Å²) in [5.41, 5.74) is -1.84. The van der Waals surface area contributed by atoms with E-state index in [1.54, 1.807) is 12.0 Å². The van der Waals surface area contributed by atoms with Gasteiger partial charge in [-0.1, -0.05) is 0 Å². The standard InChI is InChI=1S/C25H31F3N6O4/c1-15(31-19-12-30-32-24(36)22(19)25(26,27)28)14-37-8-5-21(35)33-6-7-34-18(13-33)4-9-38-20-10-17(16-2-3-16)11-29-23(20)34/h10-12,15-16,18H,2-9,13-14H2,1H3,(H2,31,32,36). The van der Waals surface area contributed by atoms with Crippen LogP contribution in [0, 0.1) is 0 Å². The van der Waals surface area contributed by atoms with Crippen LogP contribution in [0.15, 0.2) is 23.3 Å². The molecular weight excluding hydrogens is 505 g/mol. The van der Waals surface area contributed by atoms with Gasteiger partial charge in [-0.05, 0) is 37.3 Å². The quantitative estimate of drug-likeness (QED) is 0.496. The maximum absolute atomic E-state index is 13.2. The fraction of sp³-hybridized carbons (Fsp3) is 0.600. The third kappa shape index (κ3) is 5.87. The lowest BCUT2D eigenvalue weighted by Crippen LogP contribution is -2.55. The molecule has 1 amide bonds. The van der Waals surface area contributed by atoms with Crippen molar-refractivity contribution in [2.45, 2.75) is 56.8 Å². The summed E-state index contributed by atoms with van der Waals surface area (Å²) in [6, 6.07) is 1.68. The number of aromatic amines is 1.